The summed E-state index contributed by atoms with van der Waals surface area (Å²) in [5, 5.41) is 5.14. The maximum Gasteiger partial charge on any atom is 0.282 e. The van der Waals surface area contributed by atoms with E-state index in [1.54, 1.807) is 12.3 Å². The molecule has 0 aliphatic heterocycles. The van der Waals surface area contributed by atoms with Crippen molar-refractivity contribution in [3.05, 3.63) is 86.1 Å². The van der Waals surface area contributed by atoms with E-state index in [-0.39, 0.29) is 17.6 Å². The van der Waals surface area contributed by atoms with E-state index in [0.29, 0.717) is 16.7 Å². The Morgan fingerprint density at radius 2 is 1.80 bits per heavy atom. The number of nitrogens with zero attached hydrogens (tertiary/aromatic N) is 4. The quantitative estimate of drug-likeness (QED) is 0.246. The topological polar surface area (TPSA) is 61.4 Å². The highest BCUT2D eigenvalue weighted by atomic mass is 79.9. The molecule has 0 spiro atoms. The van der Waals surface area contributed by atoms with Crippen molar-refractivity contribution in [3.8, 4) is 11.4 Å². The van der Waals surface area contributed by atoms with Crippen molar-refractivity contribution < 1.29 is 4.74 Å². The average molecular weight is 535 g/mol. The summed E-state index contributed by atoms with van der Waals surface area (Å²) < 4.78 is 10.3. The normalized spacial score (nSPS) is 12.7. The molecule has 7 heteroatoms. The van der Waals surface area contributed by atoms with Gasteiger partial charge in [0.2, 0.25) is 0 Å². The monoisotopic (exact) mass is 534 g/mol. The summed E-state index contributed by atoms with van der Waals surface area (Å²) in [5.74, 6) is 1.53. The third-order valence-electron chi connectivity index (χ3n) is 6.14. The molecule has 35 heavy (non-hydrogen) atoms. The van der Waals surface area contributed by atoms with Gasteiger partial charge in [-0.2, -0.15) is 9.78 Å². The first kappa shape index (κ1) is 24.9. The van der Waals surface area contributed by atoms with E-state index in [9.17, 15) is 4.79 Å². The Morgan fingerprint density at radius 1 is 1.09 bits per heavy atom. The molecule has 182 valence electrons. The van der Waals surface area contributed by atoms with Crippen LogP contribution in [0.3, 0.4) is 0 Å². The fourth-order valence-electron chi connectivity index (χ4n) is 4.08. The van der Waals surface area contributed by atoms with Crippen LogP contribution in [-0.2, 0) is 0 Å². The largest absolute Gasteiger partial charge is 0.491 e. The van der Waals surface area contributed by atoms with Crippen LogP contribution in [0, 0.1) is 13.8 Å². The number of aromatic nitrogens is 3. The number of halogens is 1. The van der Waals surface area contributed by atoms with Gasteiger partial charge in [-0.3, -0.25) is 4.79 Å². The Morgan fingerprint density at radius 3 is 2.46 bits per heavy atom. The van der Waals surface area contributed by atoms with Crippen molar-refractivity contribution >= 4 is 33.0 Å². The average Bonchev–Trinajstić information content (AvgIpc) is 3.11. The molecule has 2 heterocycles. The molecular formula is C28H31BrN4O2. The third-order valence-corrected chi connectivity index (χ3v) is 6.63. The zero-order valence-electron chi connectivity index (χ0n) is 21.0. The lowest BCUT2D eigenvalue weighted by atomic mass is 10.2. The van der Waals surface area contributed by atoms with E-state index in [2.05, 4.69) is 71.5 Å². The molecule has 0 saturated heterocycles. The molecule has 6 nitrogen and oxygen atoms in total. The summed E-state index contributed by atoms with van der Waals surface area (Å²) in [5.41, 5.74) is 4.61. The van der Waals surface area contributed by atoms with Gasteiger partial charge in [0.25, 0.3) is 5.56 Å². The second-order valence-corrected chi connectivity index (χ2v) is 10.1. The van der Waals surface area contributed by atoms with Crippen LogP contribution in [-0.4, -0.2) is 26.5 Å². The molecule has 0 unspecified atom stereocenters. The molecule has 0 amide bonds. The number of hydrogen-bond donors (Lipinski definition) is 0. The minimum atomic E-state index is -0.179. The molecular weight excluding hydrogens is 504 g/mol. The third kappa shape index (κ3) is 5.10. The lowest BCUT2D eigenvalue weighted by Gasteiger charge is -2.14. The Bertz CT molecular complexity index is 1450. The highest BCUT2D eigenvalue weighted by molar-refractivity contribution is 9.10. The summed E-state index contributed by atoms with van der Waals surface area (Å²) in [6.45, 7) is 12.3. The van der Waals surface area contributed by atoms with E-state index in [4.69, 9.17) is 9.72 Å². The zero-order chi connectivity index (χ0) is 25.3. The van der Waals surface area contributed by atoms with Crippen LogP contribution in [0.2, 0.25) is 0 Å². The Hall–Kier alpha value is -3.19. The van der Waals surface area contributed by atoms with Crippen molar-refractivity contribution in [1.29, 1.82) is 0 Å². The van der Waals surface area contributed by atoms with Gasteiger partial charge in [0.15, 0.2) is 0 Å². The number of rotatable bonds is 7. The summed E-state index contributed by atoms with van der Waals surface area (Å²) >= 11 is 3.45. The number of hydrogen-bond acceptors (Lipinski definition) is 4. The van der Waals surface area contributed by atoms with Crippen LogP contribution < -0.4 is 10.3 Å². The fourth-order valence-corrected chi connectivity index (χ4v) is 4.44. The smallest absolute Gasteiger partial charge is 0.282 e. The predicted molar refractivity (Wildman–Crippen MR) is 146 cm³/mol. The first-order valence-electron chi connectivity index (χ1n) is 11.9. The van der Waals surface area contributed by atoms with Crippen LogP contribution in [0.5, 0.6) is 5.75 Å². The van der Waals surface area contributed by atoms with Gasteiger partial charge in [-0.25, -0.2) is 4.98 Å². The minimum absolute atomic E-state index is 0.0384. The van der Waals surface area contributed by atoms with Crippen LogP contribution in [0.1, 0.15) is 62.8 Å². The summed E-state index contributed by atoms with van der Waals surface area (Å²) in [7, 11) is 0. The molecule has 1 atom stereocenters. The first-order chi connectivity index (χ1) is 16.7. The van der Waals surface area contributed by atoms with E-state index in [1.165, 1.54) is 4.68 Å². The van der Waals surface area contributed by atoms with E-state index in [1.807, 2.05) is 38.1 Å². The second-order valence-electron chi connectivity index (χ2n) is 9.14. The maximum absolute atomic E-state index is 13.3. The minimum Gasteiger partial charge on any atom is -0.491 e. The molecule has 2 aromatic heterocycles. The van der Waals surface area contributed by atoms with Gasteiger partial charge < -0.3 is 9.30 Å². The highest BCUT2D eigenvalue weighted by Gasteiger charge is 2.15. The van der Waals surface area contributed by atoms with Crippen LogP contribution in [0.4, 0.5) is 0 Å². The highest BCUT2D eigenvalue weighted by Crippen LogP contribution is 2.23. The second kappa shape index (κ2) is 10.2. The lowest BCUT2D eigenvalue weighted by Crippen LogP contribution is -2.23. The van der Waals surface area contributed by atoms with Gasteiger partial charge in [0.05, 0.1) is 23.2 Å². The lowest BCUT2D eigenvalue weighted by molar-refractivity contribution is 0.217. The van der Waals surface area contributed by atoms with Gasteiger partial charge in [-0.1, -0.05) is 36.7 Å². The Kier molecular flexibility index (Phi) is 7.26. The summed E-state index contributed by atoms with van der Waals surface area (Å²) in [6, 6.07) is 15.7. The van der Waals surface area contributed by atoms with Crippen LogP contribution in [0.25, 0.3) is 16.6 Å². The molecule has 0 aliphatic rings. The molecule has 4 rings (SSSR count). The molecule has 0 radical (unpaired) electrons. The fraction of sp³-hybridized carbons (Fsp3) is 0.321. The number of aryl methyl sites for hydroxylation is 1. The van der Waals surface area contributed by atoms with Gasteiger partial charge in [0, 0.05) is 33.0 Å². The summed E-state index contributed by atoms with van der Waals surface area (Å²) in [4.78, 5) is 18.0. The van der Waals surface area contributed by atoms with Crippen molar-refractivity contribution in [1.82, 2.24) is 14.2 Å². The van der Waals surface area contributed by atoms with E-state index in [0.717, 1.165) is 39.3 Å². The van der Waals surface area contributed by atoms with Crippen molar-refractivity contribution in [2.45, 2.75) is 60.0 Å². The number of benzene rings is 2. The van der Waals surface area contributed by atoms with Crippen molar-refractivity contribution in [2.24, 2.45) is 5.10 Å². The summed E-state index contributed by atoms with van der Waals surface area (Å²) in [6.07, 6.45) is 2.90. The molecule has 0 aliphatic carbocycles. The molecule has 0 N–H and O–H groups in total. The van der Waals surface area contributed by atoms with Gasteiger partial charge in [-0.15, -0.1) is 0 Å². The number of ether oxygens (including phenoxy) is 1. The van der Waals surface area contributed by atoms with Crippen LogP contribution >= 0.6 is 15.9 Å². The van der Waals surface area contributed by atoms with Gasteiger partial charge >= 0.3 is 0 Å². The standard InChI is InChI=1S/C28H31BrN4O2/c1-7-19(5)35-24-11-9-23(10-12-24)32-18(4)14-21(20(32)6)16-30-33-27(17(2)3)31-26-13-8-22(29)15-25(26)28(33)34/h8-17,19H,7H2,1-6H3/t19-/m1/s1. The van der Waals surface area contributed by atoms with Gasteiger partial charge in [0.1, 0.15) is 11.6 Å². The first-order valence-corrected chi connectivity index (χ1v) is 12.7. The zero-order valence-corrected chi connectivity index (χ0v) is 22.6. The molecule has 0 bridgehead atoms. The van der Waals surface area contributed by atoms with Crippen molar-refractivity contribution in [3.63, 3.8) is 0 Å². The Balaban J connectivity index is 1.72. The van der Waals surface area contributed by atoms with E-state index < -0.39 is 0 Å². The molecule has 2 aromatic carbocycles. The van der Waals surface area contributed by atoms with Crippen molar-refractivity contribution in [2.75, 3.05) is 0 Å². The predicted octanol–water partition coefficient (Wildman–Crippen LogP) is 6.75. The molecule has 0 fully saturated rings. The van der Waals surface area contributed by atoms with Crippen LogP contribution in [0.15, 0.2) is 62.9 Å². The SMILES string of the molecule is CC[C@@H](C)Oc1ccc(-n2c(C)cc(C=Nn3c(C(C)C)nc4ccc(Br)cc4c3=O)c2C)cc1. The van der Waals surface area contributed by atoms with Gasteiger partial charge in [-0.05, 0) is 75.7 Å². The molecule has 4 aromatic rings. The Labute approximate surface area is 214 Å². The molecule has 0 saturated carbocycles. The number of fused-ring (bicyclic) bond motifs is 1. The van der Waals surface area contributed by atoms with E-state index >= 15 is 0 Å². The maximum atomic E-state index is 13.3.